The van der Waals surface area contributed by atoms with Crippen LogP contribution in [0.4, 0.5) is 11.5 Å². The van der Waals surface area contributed by atoms with Gasteiger partial charge in [-0.15, -0.1) is 0 Å². The lowest BCUT2D eigenvalue weighted by Gasteiger charge is -2.09. The second-order valence-electron chi connectivity index (χ2n) is 5.41. The molecule has 0 saturated heterocycles. The monoisotopic (exact) mass is 335 g/mol. The van der Waals surface area contributed by atoms with Crippen molar-refractivity contribution >= 4 is 34.2 Å². The summed E-state index contributed by atoms with van der Waals surface area (Å²) in [5, 5.41) is 6.83. The minimum Gasteiger partial charge on any atom is -0.369 e. The van der Waals surface area contributed by atoms with Crippen LogP contribution in [0.25, 0.3) is 10.9 Å². The molecule has 0 aliphatic rings. The number of nitrogens with zero attached hydrogens (tertiary/aromatic N) is 2. The first-order valence-electron chi connectivity index (χ1n) is 7.77. The number of fused-ring (bicyclic) bond motifs is 1. The molecule has 0 radical (unpaired) electrons. The first kappa shape index (κ1) is 16.4. The average Bonchev–Trinajstić information content (AvgIpc) is 2.62. The van der Waals surface area contributed by atoms with E-state index in [9.17, 15) is 9.59 Å². The quantitative estimate of drug-likeness (QED) is 0.639. The molecule has 0 unspecified atom stereocenters. The van der Waals surface area contributed by atoms with Gasteiger partial charge in [-0.25, -0.2) is 9.97 Å². The molecule has 1 heterocycles. The highest BCUT2D eigenvalue weighted by Gasteiger charge is 2.06. The fourth-order valence-electron chi connectivity index (χ4n) is 2.38. The third kappa shape index (κ3) is 4.08. The van der Waals surface area contributed by atoms with Crippen LogP contribution in [0, 0.1) is 0 Å². The van der Waals surface area contributed by atoms with Crippen LogP contribution < -0.4 is 16.4 Å². The number of carbonyl (C=O) groups is 2. The number of amides is 2. The topological polar surface area (TPSA) is 110 Å². The van der Waals surface area contributed by atoms with Gasteiger partial charge < -0.3 is 16.4 Å². The Hall–Kier alpha value is -3.48. The summed E-state index contributed by atoms with van der Waals surface area (Å²) in [5.74, 6) is 0.0565. The zero-order valence-corrected chi connectivity index (χ0v) is 13.4. The molecule has 0 saturated carbocycles. The number of hydrogen-bond acceptors (Lipinski definition) is 5. The lowest BCUT2D eigenvalue weighted by molar-refractivity contribution is -0.115. The summed E-state index contributed by atoms with van der Waals surface area (Å²) in [7, 11) is 0. The minimum absolute atomic E-state index is 0.141. The summed E-state index contributed by atoms with van der Waals surface area (Å²) in [4.78, 5) is 31.4. The normalized spacial score (nSPS) is 10.4. The van der Waals surface area contributed by atoms with Crippen LogP contribution in [0.3, 0.4) is 0 Å². The molecule has 2 aromatic carbocycles. The zero-order valence-electron chi connectivity index (χ0n) is 13.4. The van der Waals surface area contributed by atoms with E-state index in [1.165, 1.54) is 6.33 Å². The van der Waals surface area contributed by atoms with Gasteiger partial charge in [-0.1, -0.05) is 12.1 Å². The Morgan fingerprint density at radius 2 is 1.76 bits per heavy atom. The van der Waals surface area contributed by atoms with Crippen molar-refractivity contribution in [3.63, 3.8) is 0 Å². The minimum atomic E-state index is -0.501. The molecule has 2 amide bonds. The molecule has 0 atom stereocenters. The summed E-state index contributed by atoms with van der Waals surface area (Å²) >= 11 is 0. The molecule has 1 aromatic heterocycles. The highest BCUT2D eigenvalue weighted by atomic mass is 16.2. The smallest absolute Gasteiger partial charge is 0.248 e. The number of aromatic nitrogens is 2. The first-order valence-corrected chi connectivity index (χ1v) is 7.77. The van der Waals surface area contributed by atoms with Crippen molar-refractivity contribution in [3.05, 3.63) is 60.4 Å². The molecule has 3 aromatic rings. The van der Waals surface area contributed by atoms with Crippen LogP contribution in [0.1, 0.15) is 16.8 Å². The molecule has 0 fully saturated rings. The van der Waals surface area contributed by atoms with Crippen molar-refractivity contribution in [1.29, 1.82) is 0 Å². The summed E-state index contributed by atoms with van der Waals surface area (Å²) in [6.07, 6.45) is 1.76. The SMILES string of the molecule is NC(=O)c1ccc(NC(=O)CCNc2ncnc3ccccc23)cc1. The second-order valence-corrected chi connectivity index (χ2v) is 5.41. The Bertz CT molecular complexity index is 903. The molecule has 4 N–H and O–H groups in total. The van der Waals surface area contributed by atoms with Gasteiger partial charge in [-0.3, -0.25) is 9.59 Å². The average molecular weight is 335 g/mol. The Balaban J connectivity index is 1.54. The molecule has 7 nitrogen and oxygen atoms in total. The van der Waals surface area contributed by atoms with E-state index in [-0.39, 0.29) is 12.3 Å². The zero-order chi connectivity index (χ0) is 17.6. The van der Waals surface area contributed by atoms with Gasteiger partial charge in [0.2, 0.25) is 11.8 Å². The predicted molar refractivity (Wildman–Crippen MR) is 96.2 cm³/mol. The Morgan fingerprint density at radius 1 is 1.00 bits per heavy atom. The van der Waals surface area contributed by atoms with Crippen molar-refractivity contribution in [2.75, 3.05) is 17.2 Å². The number of nitrogens with one attached hydrogen (secondary N) is 2. The number of para-hydroxylation sites is 1. The maximum atomic E-state index is 12.0. The second kappa shape index (κ2) is 7.39. The third-order valence-electron chi connectivity index (χ3n) is 3.64. The van der Waals surface area contributed by atoms with Gasteiger partial charge in [0.15, 0.2) is 0 Å². The standard InChI is InChI=1S/C18H17N5O2/c19-17(25)12-5-7-13(8-6-12)23-16(24)9-10-20-18-14-3-1-2-4-15(14)21-11-22-18/h1-8,11H,9-10H2,(H2,19,25)(H,23,24)(H,20,21,22). The number of rotatable bonds is 6. The van der Waals surface area contributed by atoms with Crippen LogP contribution in [0.5, 0.6) is 0 Å². The van der Waals surface area contributed by atoms with Gasteiger partial charge >= 0.3 is 0 Å². The van der Waals surface area contributed by atoms with E-state index in [1.54, 1.807) is 24.3 Å². The summed E-state index contributed by atoms with van der Waals surface area (Å²) in [6.45, 7) is 0.437. The summed E-state index contributed by atoms with van der Waals surface area (Å²) in [5.41, 5.74) is 7.04. The highest BCUT2D eigenvalue weighted by Crippen LogP contribution is 2.18. The maximum Gasteiger partial charge on any atom is 0.248 e. The van der Waals surface area contributed by atoms with E-state index >= 15 is 0 Å². The molecule has 126 valence electrons. The van der Waals surface area contributed by atoms with Crippen LogP contribution in [0.15, 0.2) is 54.9 Å². The van der Waals surface area contributed by atoms with Gasteiger partial charge in [0, 0.05) is 29.6 Å². The molecular formula is C18H17N5O2. The Labute approximate surface area is 144 Å². The largest absolute Gasteiger partial charge is 0.369 e. The van der Waals surface area contributed by atoms with Crippen LogP contribution in [0.2, 0.25) is 0 Å². The van der Waals surface area contributed by atoms with Crippen LogP contribution >= 0.6 is 0 Å². The fourth-order valence-corrected chi connectivity index (χ4v) is 2.38. The molecule has 3 rings (SSSR count). The molecule has 0 aliphatic carbocycles. The lowest BCUT2D eigenvalue weighted by atomic mass is 10.2. The van der Waals surface area contributed by atoms with E-state index in [1.807, 2.05) is 24.3 Å². The summed E-state index contributed by atoms with van der Waals surface area (Å²) in [6, 6.07) is 14.1. The molecule has 0 aliphatic heterocycles. The number of hydrogen-bond donors (Lipinski definition) is 3. The van der Waals surface area contributed by atoms with Crippen LogP contribution in [-0.4, -0.2) is 28.3 Å². The third-order valence-corrected chi connectivity index (χ3v) is 3.64. The Kier molecular flexibility index (Phi) is 4.84. The van der Waals surface area contributed by atoms with Crippen LogP contribution in [-0.2, 0) is 4.79 Å². The van der Waals surface area contributed by atoms with Gasteiger partial charge in [-0.05, 0) is 36.4 Å². The van der Waals surface area contributed by atoms with E-state index in [2.05, 4.69) is 20.6 Å². The van der Waals surface area contributed by atoms with Gasteiger partial charge in [0.1, 0.15) is 12.1 Å². The van der Waals surface area contributed by atoms with E-state index in [4.69, 9.17) is 5.73 Å². The maximum absolute atomic E-state index is 12.0. The highest BCUT2D eigenvalue weighted by molar-refractivity contribution is 5.95. The predicted octanol–water partition coefficient (Wildman–Crippen LogP) is 2.17. The molecule has 25 heavy (non-hydrogen) atoms. The van der Waals surface area contributed by atoms with Gasteiger partial charge in [0.05, 0.1) is 5.52 Å². The van der Waals surface area contributed by atoms with E-state index in [0.717, 1.165) is 10.9 Å². The molecule has 0 spiro atoms. The van der Waals surface area contributed by atoms with Crippen molar-refractivity contribution < 1.29 is 9.59 Å². The van der Waals surface area contributed by atoms with Crippen molar-refractivity contribution in [1.82, 2.24) is 9.97 Å². The number of primary amides is 1. The lowest BCUT2D eigenvalue weighted by Crippen LogP contribution is -2.17. The van der Waals surface area contributed by atoms with E-state index in [0.29, 0.717) is 23.6 Å². The van der Waals surface area contributed by atoms with Crippen molar-refractivity contribution in [3.8, 4) is 0 Å². The Morgan fingerprint density at radius 3 is 2.52 bits per heavy atom. The van der Waals surface area contributed by atoms with Gasteiger partial charge in [-0.2, -0.15) is 0 Å². The number of nitrogens with two attached hydrogens (primary N) is 1. The number of carbonyl (C=O) groups excluding carboxylic acids is 2. The molecular weight excluding hydrogens is 318 g/mol. The summed E-state index contributed by atoms with van der Waals surface area (Å²) < 4.78 is 0. The van der Waals surface area contributed by atoms with Crippen molar-refractivity contribution in [2.24, 2.45) is 5.73 Å². The molecule has 7 heteroatoms. The number of anilines is 2. The fraction of sp³-hybridized carbons (Fsp3) is 0.111. The van der Waals surface area contributed by atoms with Crippen molar-refractivity contribution in [2.45, 2.75) is 6.42 Å². The first-order chi connectivity index (χ1) is 12.1. The number of benzene rings is 2. The van der Waals surface area contributed by atoms with E-state index < -0.39 is 5.91 Å². The van der Waals surface area contributed by atoms with Gasteiger partial charge in [0.25, 0.3) is 0 Å². The molecule has 0 bridgehead atoms.